The van der Waals surface area contributed by atoms with Gasteiger partial charge in [-0.3, -0.25) is 14.4 Å². The van der Waals surface area contributed by atoms with Crippen molar-refractivity contribution in [1.82, 2.24) is 10.6 Å². The number of rotatable bonds is 8. The first-order valence-corrected chi connectivity index (χ1v) is 5.79. The van der Waals surface area contributed by atoms with Crippen molar-refractivity contribution in [3.63, 3.8) is 0 Å². The fraction of sp³-hybridized carbons (Fsp3) is 0.556. The molecule has 9 nitrogen and oxygen atoms in total. The first-order valence-electron chi connectivity index (χ1n) is 5.16. The molecule has 0 aromatic heterocycles. The van der Waals surface area contributed by atoms with Crippen LogP contribution in [0.5, 0.6) is 0 Å². The Kier molecular flexibility index (Phi) is 7.53. The molecule has 0 bridgehead atoms. The highest BCUT2D eigenvalue weighted by Crippen LogP contribution is 1.89. The van der Waals surface area contributed by atoms with Gasteiger partial charge in [0.2, 0.25) is 11.8 Å². The zero-order valence-electron chi connectivity index (χ0n) is 9.83. The average Bonchev–Trinajstić information content (AvgIpc) is 2.31. The van der Waals surface area contributed by atoms with Gasteiger partial charge < -0.3 is 26.6 Å². The fourth-order valence-electron chi connectivity index (χ4n) is 1.01. The summed E-state index contributed by atoms with van der Waals surface area (Å²) in [5, 5.41) is 21.3. The van der Waals surface area contributed by atoms with Crippen LogP contribution in [0.2, 0.25) is 0 Å². The van der Waals surface area contributed by atoms with Crippen molar-refractivity contribution in [2.45, 2.75) is 18.5 Å². The smallest absolute Gasteiger partial charge is 0.327 e. The Labute approximate surface area is 113 Å². The van der Waals surface area contributed by atoms with Crippen LogP contribution in [-0.2, 0) is 19.2 Å². The molecule has 6 N–H and O–H groups in total. The van der Waals surface area contributed by atoms with Crippen molar-refractivity contribution in [3.8, 4) is 0 Å². The first kappa shape index (κ1) is 17.2. The molecule has 10 heteroatoms. The molecule has 2 amide bonds. The Morgan fingerprint density at radius 3 is 2.21 bits per heavy atom. The van der Waals surface area contributed by atoms with Crippen molar-refractivity contribution in [1.29, 1.82) is 0 Å². The Bertz CT molecular complexity index is 375. The first-order chi connectivity index (χ1) is 8.77. The molecule has 0 radical (unpaired) electrons. The lowest BCUT2D eigenvalue weighted by atomic mass is 10.2. The topological polar surface area (TPSA) is 159 Å². The largest absolute Gasteiger partial charge is 0.481 e. The maximum atomic E-state index is 11.3. The van der Waals surface area contributed by atoms with E-state index in [0.717, 1.165) is 0 Å². The van der Waals surface area contributed by atoms with E-state index in [-0.39, 0.29) is 5.75 Å². The van der Waals surface area contributed by atoms with E-state index in [1.807, 2.05) is 0 Å². The second-order valence-corrected chi connectivity index (χ2v) is 3.93. The van der Waals surface area contributed by atoms with E-state index in [0.29, 0.717) is 0 Å². The minimum Gasteiger partial charge on any atom is -0.481 e. The average molecular weight is 293 g/mol. The summed E-state index contributed by atoms with van der Waals surface area (Å²) in [5.74, 6) is -4.15. The number of aliphatic carboxylic acids is 2. The molecule has 108 valence electrons. The summed E-state index contributed by atoms with van der Waals surface area (Å²) in [6, 6.07) is -2.44. The van der Waals surface area contributed by atoms with Crippen LogP contribution in [-0.4, -0.2) is 58.3 Å². The van der Waals surface area contributed by atoms with Gasteiger partial charge in [0.15, 0.2) is 0 Å². The number of nitrogens with one attached hydrogen (secondary N) is 2. The molecule has 0 aliphatic heterocycles. The number of carbonyl (C=O) groups excluding carboxylic acids is 2. The van der Waals surface area contributed by atoms with Crippen LogP contribution >= 0.6 is 12.6 Å². The molecule has 0 saturated carbocycles. The Morgan fingerprint density at radius 1 is 1.21 bits per heavy atom. The molecule has 19 heavy (non-hydrogen) atoms. The van der Waals surface area contributed by atoms with Gasteiger partial charge in [-0.25, -0.2) is 4.79 Å². The van der Waals surface area contributed by atoms with Crippen LogP contribution in [0.15, 0.2) is 0 Å². The predicted molar refractivity (Wildman–Crippen MR) is 66.7 cm³/mol. The van der Waals surface area contributed by atoms with Gasteiger partial charge in [0.25, 0.3) is 0 Å². The number of carboxylic acid groups (broad SMARTS) is 2. The second kappa shape index (κ2) is 8.32. The van der Waals surface area contributed by atoms with Crippen LogP contribution < -0.4 is 16.4 Å². The van der Waals surface area contributed by atoms with Crippen LogP contribution in [0.1, 0.15) is 6.42 Å². The molecule has 0 fully saturated rings. The second-order valence-electron chi connectivity index (χ2n) is 3.56. The third-order valence-electron chi connectivity index (χ3n) is 1.97. The number of carboxylic acids is 2. The summed E-state index contributed by atoms with van der Waals surface area (Å²) in [6.45, 7) is -0.496. The number of carbonyl (C=O) groups is 4. The van der Waals surface area contributed by atoms with Crippen LogP contribution in [0.25, 0.3) is 0 Å². The fourth-order valence-corrected chi connectivity index (χ4v) is 1.26. The molecule has 0 spiro atoms. The molecule has 2 unspecified atom stereocenters. The molecule has 0 aromatic rings. The lowest BCUT2D eigenvalue weighted by Crippen LogP contribution is -2.49. The molecule has 0 aliphatic rings. The minimum absolute atomic E-state index is 0.104. The number of nitrogens with two attached hydrogens (primary N) is 1. The summed E-state index contributed by atoms with van der Waals surface area (Å²) >= 11 is 3.74. The summed E-state index contributed by atoms with van der Waals surface area (Å²) in [6.07, 6.45) is -0.568. The van der Waals surface area contributed by atoms with Crippen LogP contribution in [0.3, 0.4) is 0 Å². The van der Waals surface area contributed by atoms with Gasteiger partial charge in [-0.2, -0.15) is 12.6 Å². The quantitative estimate of drug-likeness (QED) is 0.268. The highest BCUT2D eigenvalue weighted by atomic mass is 32.1. The summed E-state index contributed by atoms with van der Waals surface area (Å²) in [5.41, 5.74) is 5.25. The number of thiol groups is 1. The summed E-state index contributed by atoms with van der Waals surface area (Å²) < 4.78 is 0. The SMILES string of the molecule is NC(CC(=O)O)C(=O)NCC(=O)NC(CS)C(=O)O. The molecular formula is C9H15N3O6S. The Morgan fingerprint density at radius 2 is 1.79 bits per heavy atom. The number of amides is 2. The molecule has 0 aromatic carbocycles. The number of hydrogen-bond acceptors (Lipinski definition) is 6. The maximum Gasteiger partial charge on any atom is 0.327 e. The van der Waals surface area contributed by atoms with E-state index in [9.17, 15) is 19.2 Å². The molecule has 0 rings (SSSR count). The standard InChI is InChI=1S/C9H15N3O6S/c10-4(1-7(14)15)8(16)11-2-6(13)12-5(3-19)9(17)18/h4-5,19H,1-3,10H2,(H,11,16)(H,12,13)(H,14,15)(H,17,18). The maximum absolute atomic E-state index is 11.3. The van der Waals surface area contributed by atoms with Gasteiger partial charge in [-0.05, 0) is 0 Å². The highest BCUT2D eigenvalue weighted by Gasteiger charge is 2.20. The Hall–Kier alpha value is -1.81. The Balaban J connectivity index is 4.12. The molecular weight excluding hydrogens is 278 g/mol. The van der Waals surface area contributed by atoms with Gasteiger partial charge >= 0.3 is 11.9 Å². The van der Waals surface area contributed by atoms with Gasteiger partial charge in [-0.1, -0.05) is 0 Å². The molecule has 0 aliphatic carbocycles. The van der Waals surface area contributed by atoms with Crippen molar-refractivity contribution in [2.75, 3.05) is 12.3 Å². The van der Waals surface area contributed by atoms with Crippen molar-refractivity contribution in [2.24, 2.45) is 5.73 Å². The van der Waals surface area contributed by atoms with Crippen LogP contribution in [0.4, 0.5) is 0 Å². The molecule has 2 atom stereocenters. The van der Waals surface area contributed by atoms with E-state index in [4.69, 9.17) is 15.9 Å². The summed E-state index contributed by atoms with van der Waals surface area (Å²) in [4.78, 5) is 43.4. The van der Waals surface area contributed by atoms with Gasteiger partial charge in [0.1, 0.15) is 6.04 Å². The number of hydrogen-bond donors (Lipinski definition) is 6. The summed E-state index contributed by atoms with van der Waals surface area (Å²) in [7, 11) is 0. The lowest BCUT2D eigenvalue weighted by Gasteiger charge is -2.13. The normalized spacial score (nSPS) is 13.2. The van der Waals surface area contributed by atoms with Crippen LogP contribution in [0, 0.1) is 0 Å². The zero-order chi connectivity index (χ0) is 15.0. The predicted octanol–water partition coefficient (Wildman–Crippen LogP) is -2.60. The van der Waals surface area contributed by atoms with E-state index in [2.05, 4.69) is 23.3 Å². The highest BCUT2D eigenvalue weighted by molar-refractivity contribution is 7.80. The van der Waals surface area contributed by atoms with Crippen molar-refractivity contribution < 1.29 is 29.4 Å². The van der Waals surface area contributed by atoms with Crippen molar-refractivity contribution >= 4 is 36.4 Å². The van der Waals surface area contributed by atoms with E-state index >= 15 is 0 Å². The van der Waals surface area contributed by atoms with E-state index in [1.165, 1.54) is 0 Å². The minimum atomic E-state index is -1.27. The zero-order valence-corrected chi connectivity index (χ0v) is 10.7. The third-order valence-corrected chi connectivity index (χ3v) is 2.34. The third kappa shape index (κ3) is 7.26. The molecule has 0 heterocycles. The van der Waals surface area contributed by atoms with Gasteiger partial charge in [0, 0.05) is 5.75 Å². The lowest BCUT2D eigenvalue weighted by molar-refractivity contribution is -0.141. The van der Waals surface area contributed by atoms with Gasteiger partial charge in [-0.15, -0.1) is 0 Å². The molecule has 0 saturated heterocycles. The van der Waals surface area contributed by atoms with Crippen molar-refractivity contribution in [3.05, 3.63) is 0 Å². The monoisotopic (exact) mass is 293 g/mol. The van der Waals surface area contributed by atoms with E-state index in [1.54, 1.807) is 0 Å². The van der Waals surface area contributed by atoms with Gasteiger partial charge in [0.05, 0.1) is 19.0 Å². The van der Waals surface area contributed by atoms with E-state index < -0.39 is 48.8 Å².